The molecule has 1 aromatic carbocycles. The number of hydrogen-bond donors (Lipinski definition) is 1. The first-order chi connectivity index (χ1) is 22.7. The second kappa shape index (κ2) is 14.7. The number of alkyl carbamates (subject to hydrolysis) is 1. The maximum atomic E-state index is 14.5. The lowest BCUT2D eigenvalue weighted by atomic mass is 9.85. The quantitative estimate of drug-likeness (QED) is 0.381. The van der Waals surface area contributed by atoms with Gasteiger partial charge in [0.1, 0.15) is 35.7 Å². The molecule has 262 valence electrons. The molecule has 1 aromatic heterocycles. The van der Waals surface area contributed by atoms with Crippen LogP contribution in [0.5, 0.6) is 11.6 Å². The molecule has 1 aliphatic carbocycles. The minimum atomic E-state index is -0.959. The van der Waals surface area contributed by atoms with E-state index in [-0.39, 0.29) is 31.1 Å². The lowest BCUT2D eigenvalue weighted by molar-refractivity contribution is -0.156. The average molecular weight is 665 g/mol. The minimum Gasteiger partial charge on any atom is -0.497 e. The summed E-state index contributed by atoms with van der Waals surface area (Å²) >= 11 is 0. The third kappa shape index (κ3) is 8.04. The number of carbonyl (C=O) groups is 3. The normalized spacial score (nSPS) is 29.2. The molecule has 48 heavy (non-hydrogen) atoms. The lowest BCUT2D eigenvalue weighted by Crippen LogP contribution is -2.57. The molecule has 2 fully saturated rings. The number of nitrogens with zero attached hydrogens (tertiary/aromatic N) is 3. The molecule has 3 heterocycles. The predicted molar refractivity (Wildman–Crippen MR) is 182 cm³/mol. The highest BCUT2D eigenvalue weighted by Crippen LogP contribution is 2.38. The molecule has 3 aliphatic rings. The van der Waals surface area contributed by atoms with Gasteiger partial charge in [0, 0.05) is 12.0 Å². The van der Waals surface area contributed by atoms with Crippen LogP contribution in [0.1, 0.15) is 86.3 Å². The Labute approximate surface area is 284 Å². The molecular formula is C37H52N4O7. The Bertz CT molecular complexity index is 1520. The number of esters is 1. The van der Waals surface area contributed by atoms with E-state index in [9.17, 15) is 14.4 Å². The van der Waals surface area contributed by atoms with E-state index in [0.717, 1.165) is 32.1 Å². The zero-order valence-corrected chi connectivity index (χ0v) is 29.7. The van der Waals surface area contributed by atoms with Crippen molar-refractivity contribution >= 4 is 35.1 Å². The van der Waals surface area contributed by atoms with Gasteiger partial charge in [-0.3, -0.25) is 4.79 Å². The van der Waals surface area contributed by atoms with Crippen molar-refractivity contribution in [2.45, 2.75) is 105 Å². The molecule has 11 nitrogen and oxygen atoms in total. The Morgan fingerprint density at radius 3 is 2.56 bits per heavy atom. The summed E-state index contributed by atoms with van der Waals surface area (Å²) in [5.74, 6) is 0.386. The van der Waals surface area contributed by atoms with Gasteiger partial charge in [-0.1, -0.05) is 54.5 Å². The van der Waals surface area contributed by atoms with E-state index in [0.29, 0.717) is 34.3 Å². The number of hydrogen-bond acceptors (Lipinski definition) is 9. The van der Waals surface area contributed by atoms with Gasteiger partial charge in [-0.15, -0.1) is 0 Å². The van der Waals surface area contributed by atoms with Crippen molar-refractivity contribution in [3.8, 4) is 11.6 Å². The fraction of sp³-hybridized carbons (Fsp3) is 0.649. The van der Waals surface area contributed by atoms with Crippen molar-refractivity contribution in [3.63, 3.8) is 0 Å². The highest BCUT2D eigenvalue weighted by molar-refractivity contribution is 5.91. The molecule has 2 aromatic rings. The maximum Gasteiger partial charge on any atom is 0.408 e. The highest BCUT2D eigenvalue weighted by Gasteiger charge is 2.51. The summed E-state index contributed by atoms with van der Waals surface area (Å²) in [4.78, 5) is 52.9. The van der Waals surface area contributed by atoms with Gasteiger partial charge < -0.3 is 29.2 Å². The molecule has 0 radical (unpaired) electrons. The number of benzene rings is 1. The summed E-state index contributed by atoms with van der Waals surface area (Å²) in [6, 6.07) is 3.62. The lowest BCUT2D eigenvalue weighted by Gasteiger charge is -2.35. The smallest absolute Gasteiger partial charge is 0.408 e. The van der Waals surface area contributed by atoms with Gasteiger partial charge in [-0.2, -0.15) is 0 Å². The van der Waals surface area contributed by atoms with Crippen molar-refractivity contribution in [2.75, 3.05) is 20.3 Å². The van der Waals surface area contributed by atoms with Gasteiger partial charge in [0.2, 0.25) is 11.8 Å². The first kappa shape index (κ1) is 35.4. The fourth-order valence-corrected chi connectivity index (χ4v) is 7.10. The number of nitrogens with one attached hydrogen (secondary N) is 1. The van der Waals surface area contributed by atoms with Crippen LogP contribution in [0.4, 0.5) is 4.79 Å². The monoisotopic (exact) mass is 664 g/mol. The molecule has 7 atom stereocenters. The third-order valence-electron chi connectivity index (χ3n) is 9.73. The van der Waals surface area contributed by atoms with Crippen molar-refractivity contribution in [1.29, 1.82) is 0 Å². The zero-order valence-electron chi connectivity index (χ0n) is 29.7. The molecule has 2 amide bonds. The Kier molecular flexibility index (Phi) is 10.8. The molecular weight excluding hydrogens is 612 g/mol. The Hall–Kier alpha value is -3.89. The summed E-state index contributed by atoms with van der Waals surface area (Å²) in [5, 5.41) is 2.90. The van der Waals surface area contributed by atoms with Crippen molar-refractivity contribution < 1.29 is 33.3 Å². The van der Waals surface area contributed by atoms with Crippen LogP contribution in [0.25, 0.3) is 17.1 Å². The van der Waals surface area contributed by atoms with Crippen molar-refractivity contribution in [3.05, 3.63) is 30.0 Å². The summed E-state index contributed by atoms with van der Waals surface area (Å²) in [7, 11) is 1.60. The summed E-state index contributed by atoms with van der Waals surface area (Å²) < 4.78 is 23.8. The van der Waals surface area contributed by atoms with Crippen LogP contribution in [0, 0.1) is 29.1 Å². The molecule has 2 aliphatic heterocycles. The van der Waals surface area contributed by atoms with E-state index in [4.69, 9.17) is 28.9 Å². The molecule has 2 bridgehead atoms. The number of carbonyl (C=O) groups excluding carboxylic acids is 3. The topological polar surface area (TPSA) is 129 Å². The number of methoxy groups -OCH3 is 1. The van der Waals surface area contributed by atoms with Gasteiger partial charge in [0.15, 0.2) is 0 Å². The SMILES string of the molecule is COc1ccc2nc3c(nc2c1)O[C@H]1CN(C(=O)[C@H](C(C)(C)C)NC(=O)O[C@@H]2C[C@H](C)C[C@H]2CCC/C=C/3)[C@H](C(=O)OCC(C)C)[C@@H]1C. The van der Waals surface area contributed by atoms with E-state index in [1.54, 1.807) is 13.2 Å². The van der Waals surface area contributed by atoms with E-state index in [2.05, 4.69) is 18.3 Å². The third-order valence-corrected chi connectivity index (χ3v) is 9.73. The molecule has 1 N–H and O–H groups in total. The van der Waals surface area contributed by atoms with E-state index in [1.807, 2.05) is 59.8 Å². The largest absolute Gasteiger partial charge is 0.497 e. The number of amides is 2. The number of aromatic nitrogens is 2. The number of fused-ring (bicyclic) bond motifs is 5. The Morgan fingerprint density at radius 1 is 1.08 bits per heavy atom. The molecule has 0 spiro atoms. The van der Waals surface area contributed by atoms with Gasteiger partial charge in [-0.05, 0) is 73.5 Å². The zero-order chi connectivity index (χ0) is 34.7. The maximum absolute atomic E-state index is 14.5. The van der Waals surface area contributed by atoms with Gasteiger partial charge in [0.05, 0.1) is 31.3 Å². The van der Waals surface area contributed by atoms with Crippen LogP contribution in [-0.2, 0) is 19.1 Å². The van der Waals surface area contributed by atoms with Crippen LogP contribution < -0.4 is 14.8 Å². The van der Waals surface area contributed by atoms with Crippen LogP contribution in [-0.4, -0.2) is 77.4 Å². The second-order valence-corrected chi connectivity index (χ2v) is 15.3. The van der Waals surface area contributed by atoms with Crippen LogP contribution in [0.2, 0.25) is 0 Å². The molecule has 11 heteroatoms. The van der Waals surface area contributed by atoms with Gasteiger partial charge in [0.25, 0.3) is 0 Å². The van der Waals surface area contributed by atoms with E-state index >= 15 is 0 Å². The average Bonchev–Trinajstić information content (AvgIpc) is 3.54. The first-order valence-electron chi connectivity index (χ1n) is 17.4. The Balaban J connectivity index is 1.56. The standard InChI is InChI=1S/C37H52N4O7/c1-21(2)20-46-35(43)31-23(4)30-19-41(31)34(42)32(37(5,6)7)40-36(44)48-29-17-22(3)16-24(29)12-10-9-11-13-27-33(47-30)39-28-18-25(45-8)14-15-26(28)38-27/h11,13-15,18,21-24,29-32H,9-10,12,16-17,19-20H2,1-8H3,(H,40,44)/b13-11+/t22-,23-,24-,29-,30+,31+,32-/m1/s1. The van der Waals surface area contributed by atoms with Gasteiger partial charge in [-0.25, -0.2) is 19.6 Å². The molecule has 1 saturated heterocycles. The first-order valence-corrected chi connectivity index (χ1v) is 17.4. The molecule has 1 saturated carbocycles. The summed E-state index contributed by atoms with van der Waals surface area (Å²) in [6.45, 7) is 14.0. The van der Waals surface area contributed by atoms with Crippen molar-refractivity contribution in [2.24, 2.45) is 29.1 Å². The van der Waals surface area contributed by atoms with Crippen LogP contribution in [0.15, 0.2) is 24.3 Å². The number of ether oxygens (including phenoxy) is 4. The second-order valence-electron chi connectivity index (χ2n) is 15.3. The number of rotatable bonds is 4. The van der Waals surface area contributed by atoms with Gasteiger partial charge >= 0.3 is 12.1 Å². The molecule has 5 rings (SSSR count). The van der Waals surface area contributed by atoms with Crippen LogP contribution >= 0.6 is 0 Å². The minimum absolute atomic E-state index is 0.0912. The summed E-state index contributed by atoms with van der Waals surface area (Å²) in [6.07, 6.45) is 6.96. The van der Waals surface area contributed by atoms with Crippen LogP contribution in [0.3, 0.4) is 0 Å². The van der Waals surface area contributed by atoms with E-state index in [1.165, 1.54) is 4.90 Å². The summed E-state index contributed by atoms with van der Waals surface area (Å²) in [5.41, 5.74) is 1.18. The predicted octanol–water partition coefficient (Wildman–Crippen LogP) is 6.18. The number of allylic oxidation sites excluding steroid dienone is 1. The highest BCUT2D eigenvalue weighted by atomic mass is 16.6. The molecule has 0 unspecified atom stereocenters. The fourth-order valence-electron chi connectivity index (χ4n) is 7.10. The van der Waals surface area contributed by atoms with E-state index < -0.39 is 47.5 Å². The Morgan fingerprint density at radius 2 is 1.85 bits per heavy atom. The van der Waals surface area contributed by atoms with Crippen molar-refractivity contribution in [1.82, 2.24) is 20.2 Å².